The summed E-state index contributed by atoms with van der Waals surface area (Å²) in [6.45, 7) is 0. The largest absolute Gasteiger partial charge is 0.375 e. The van der Waals surface area contributed by atoms with Crippen molar-refractivity contribution in [3.63, 3.8) is 0 Å². The summed E-state index contributed by atoms with van der Waals surface area (Å²) in [5.41, 5.74) is -0.537. The zero-order valence-corrected chi connectivity index (χ0v) is 13.7. The van der Waals surface area contributed by atoms with Crippen LogP contribution in [0, 0.1) is 0 Å². The Labute approximate surface area is 143 Å². The fourth-order valence-electron chi connectivity index (χ4n) is 2.79. The molecule has 2 aromatic rings. The van der Waals surface area contributed by atoms with E-state index in [0.717, 1.165) is 0 Å². The first kappa shape index (κ1) is 16.0. The molecule has 0 aliphatic carbocycles. The van der Waals surface area contributed by atoms with Crippen LogP contribution in [0.15, 0.2) is 42.5 Å². The maximum atomic E-state index is 12.5. The topological polar surface area (TPSA) is 57.6 Å². The van der Waals surface area contributed by atoms with Gasteiger partial charge in [0.2, 0.25) is 0 Å². The molecule has 1 unspecified atom stereocenters. The average molecular weight is 350 g/mol. The van der Waals surface area contributed by atoms with Crippen molar-refractivity contribution in [1.82, 2.24) is 0 Å². The number of hydrogen-bond acceptors (Lipinski definition) is 3. The summed E-state index contributed by atoms with van der Waals surface area (Å²) in [5.74, 6) is -0.906. The second kappa shape index (κ2) is 5.64. The SMILES string of the molecule is CN1C(=O)C(O)(CC(=O)c2ccc(Cl)c(Cl)c2)c2ccccc21. The van der Waals surface area contributed by atoms with Crippen LogP contribution >= 0.6 is 23.2 Å². The van der Waals surface area contributed by atoms with Crippen molar-refractivity contribution in [2.75, 3.05) is 11.9 Å². The van der Waals surface area contributed by atoms with E-state index in [4.69, 9.17) is 23.2 Å². The van der Waals surface area contributed by atoms with Gasteiger partial charge >= 0.3 is 0 Å². The maximum absolute atomic E-state index is 12.5. The highest BCUT2D eigenvalue weighted by Gasteiger charge is 2.49. The average Bonchev–Trinajstić information content (AvgIpc) is 2.72. The van der Waals surface area contributed by atoms with Gasteiger partial charge in [0.1, 0.15) is 0 Å². The van der Waals surface area contributed by atoms with Crippen LogP contribution in [-0.4, -0.2) is 23.8 Å². The summed E-state index contributed by atoms with van der Waals surface area (Å²) < 4.78 is 0. The first-order valence-electron chi connectivity index (χ1n) is 6.93. The lowest BCUT2D eigenvalue weighted by atomic mass is 9.88. The second-order valence-corrected chi connectivity index (χ2v) is 6.28. The van der Waals surface area contributed by atoms with Crippen molar-refractivity contribution < 1.29 is 14.7 Å². The minimum absolute atomic E-state index is 0.250. The number of ketones is 1. The van der Waals surface area contributed by atoms with Gasteiger partial charge in [0.25, 0.3) is 5.91 Å². The van der Waals surface area contributed by atoms with Crippen LogP contribution in [0.4, 0.5) is 5.69 Å². The number of fused-ring (bicyclic) bond motifs is 1. The number of rotatable bonds is 3. The summed E-state index contributed by atoms with van der Waals surface area (Å²) in [6.07, 6.45) is -0.356. The number of nitrogens with zero attached hydrogens (tertiary/aromatic N) is 1. The van der Waals surface area contributed by atoms with Gasteiger partial charge in [0.15, 0.2) is 11.4 Å². The molecule has 1 aliphatic rings. The molecular weight excluding hydrogens is 337 g/mol. The Kier molecular flexibility index (Phi) is 3.92. The van der Waals surface area contributed by atoms with Gasteiger partial charge in [-0.2, -0.15) is 0 Å². The van der Waals surface area contributed by atoms with Crippen molar-refractivity contribution in [2.45, 2.75) is 12.0 Å². The number of halogens is 2. The molecule has 0 spiro atoms. The second-order valence-electron chi connectivity index (χ2n) is 5.47. The Morgan fingerprint density at radius 1 is 1.17 bits per heavy atom. The molecular formula is C17H13Cl2NO3. The smallest absolute Gasteiger partial charge is 0.263 e. The number of benzene rings is 2. The number of amides is 1. The van der Waals surface area contributed by atoms with E-state index in [1.54, 1.807) is 31.3 Å². The molecule has 0 fully saturated rings. The molecule has 0 radical (unpaired) electrons. The number of para-hydroxylation sites is 1. The highest BCUT2D eigenvalue weighted by atomic mass is 35.5. The van der Waals surface area contributed by atoms with E-state index in [9.17, 15) is 14.7 Å². The number of likely N-dealkylation sites (N-methyl/N-ethyl adjacent to an activating group) is 1. The lowest BCUT2D eigenvalue weighted by Crippen LogP contribution is -2.40. The number of carbonyl (C=O) groups excluding carboxylic acids is 2. The minimum Gasteiger partial charge on any atom is -0.375 e. The van der Waals surface area contributed by atoms with Gasteiger partial charge < -0.3 is 10.0 Å². The Morgan fingerprint density at radius 2 is 1.87 bits per heavy atom. The number of aliphatic hydroxyl groups is 1. The summed E-state index contributed by atoms with van der Waals surface area (Å²) in [5, 5.41) is 11.5. The standard InChI is InChI=1S/C17H13Cl2NO3/c1-20-14-5-3-2-4-11(14)17(23,16(20)22)9-15(21)10-6-7-12(18)13(19)8-10/h2-8,23H,9H2,1H3. The Morgan fingerprint density at radius 3 is 2.57 bits per heavy atom. The predicted molar refractivity (Wildman–Crippen MR) is 89.2 cm³/mol. The molecule has 0 saturated heterocycles. The van der Waals surface area contributed by atoms with Crippen LogP contribution in [0.1, 0.15) is 22.3 Å². The van der Waals surface area contributed by atoms with Crippen LogP contribution < -0.4 is 4.90 Å². The van der Waals surface area contributed by atoms with Crippen molar-refractivity contribution in [3.8, 4) is 0 Å². The minimum atomic E-state index is -1.87. The summed E-state index contributed by atoms with van der Waals surface area (Å²) in [7, 11) is 1.57. The van der Waals surface area contributed by atoms with Crippen molar-refractivity contribution in [3.05, 3.63) is 63.6 Å². The van der Waals surface area contributed by atoms with E-state index in [1.165, 1.54) is 23.1 Å². The molecule has 2 aromatic carbocycles. The van der Waals surface area contributed by atoms with Crippen LogP contribution in [-0.2, 0) is 10.4 Å². The molecule has 4 nitrogen and oxygen atoms in total. The van der Waals surface area contributed by atoms with Gasteiger partial charge in [-0.1, -0.05) is 41.4 Å². The van der Waals surface area contributed by atoms with Gasteiger partial charge in [-0.05, 0) is 24.3 Å². The Hall–Kier alpha value is -1.88. The molecule has 23 heavy (non-hydrogen) atoms. The van der Waals surface area contributed by atoms with E-state index >= 15 is 0 Å². The van der Waals surface area contributed by atoms with E-state index in [1.807, 2.05) is 0 Å². The Balaban J connectivity index is 1.97. The molecule has 1 heterocycles. The molecule has 0 aromatic heterocycles. The molecule has 1 atom stereocenters. The molecule has 1 amide bonds. The van der Waals surface area contributed by atoms with E-state index in [-0.39, 0.29) is 17.2 Å². The van der Waals surface area contributed by atoms with Crippen molar-refractivity contribution in [2.24, 2.45) is 0 Å². The van der Waals surface area contributed by atoms with Crippen LogP contribution in [0.3, 0.4) is 0 Å². The van der Waals surface area contributed by atoms with E-state index in [2.05, 4.69) is 0 Å². The van der Waals surface area contributed by atoms with Gasteiger partial charge in [-0.15, -0.1) is 0 Å². The van der Waals surface area contributed by atoms with Gasteiger partial charge in [0.05, 0.1) is 22.2 Å². The summed E-state index contributed by atoms with van der Waals surface area (Å²) in [6, 6.07) is 11.3. The van der Waals surface area contributed by atoms with Crippen LogP contribution in [0.5, 0.6) is 0 Å². The lowest BCUT2D eigenvalue weighted by molar-refractivity contribution is -0.135. The normalized spacial score (nSPS) is 19.8. The quantitative estimate of drug-likeness (QED) is 0.863. The fourth-order valence-corrected chi connectivity index (χ4v) is 3.09. The third kappa shape index (κ3) is 2.53. The first-order chi connectivity index (χ1) is 10.8. The van der Waals surface area contributed by atoms with Gasteiger partial charge in [-0.25, -0.2) is 0 Å². The Bertz CT molecular complexity index is 821. The molecule has 1 N–H and O–H groups in total. The monoisotopic (exact) mass is 349 g/mol. The van der Waals surface area contributed by atoms with Crippen LogP contribution in [0.25, 0.3) is 0 Å². The van der Waals surface area contributed by atoms with Gasteiger partial charge in [-0.3, -0.25) is 9.59 Å². The van der Waals surface area contributed by atoms with Gasteiger partial charge in [0, 0.05) is 18.2 Å². The number of Topliss-reactive ketones (excluding diaryl/α,β-unsaturated/α-hetero) is 1. The fraction of sp³-hybridized carbons (Fsp3) is 0.176. The zero-order chi connectivity index (χ0) is 16.8. The molecule has 3 rings (SSSR count). The molecule has 1 aliphatic heterocycles. The third-order valence-electron chi connectivity index (χ3n) is 4.03. The first-order valence-corrected chi connectivity index (χ1v) is 7.68. The molecule has 118 valence electrons. The number of hydrogen-bond donors (Lipinski definition) is 1. The third-order valence-corrected chi connectivity index (χ3v) is 4.77. The predicted octanol–water partition coefficient (Wildman–Crippen LogP) is 3.43. The number of anilines is 1. The molecule has 6 heteroatoms. The molecule has 0 bridgehead atoms. The molecule has 0 saturated carbocycles. The van der Waals surface area contributed by atoms with E-state index < -0.39 is 11.5 Å². The van der Waals surface area contributed by atoms with Crippen LogP contribution in [0.2, 0.25) is 10.0 Å². The summed E-state index contributed by atoms with van der Waals surface area (Å²) in [4.78, 5) is 26.3. The highest BCUT2D eigenvalue weighted by Crippen LogP contribution is 2.42. The van der Waals surface area contributed by atoms with Crippen molar-refractivity contribution >= 4 is 40.6 Å². The van der Waals surface area contributed by atoms with Crippen molar-refractivity contribution in [1.29, 1.82) is 0 Å². The lowest BCUT2D eigenvalue weighted by Gasteiger charge is -2.21. The zero-order valence-electron chi connectivity index (χ0n) is 12.2. The highest BCUT2D eigenvalue weighted by molar-refractivity contribution is 6.42. The maximum Gasteiger partial charge on any atom is 0.263 e. The van der Waals surface area contributed by atoms with E-state index in [0.29, 0.717) is 21.8 Å². The summed E-state index contributed by atoms with van der Waals surface area (Å²) >= 11 is 11.8. The number of carbonyl (C=O) groups is 2.